The van der Waals surface area contributed by atoms with Crippen LogP contribution in [-0.4, -0.2) is 33.8 Å². The van der Waals surface area contributed by atoms with Gasteiger partial charge in [0.25, 0.3) is 0 Å². The van der Waals surface area contributed by atoms with E-state index in [1.807, 2.05) is 6.92 Å². The van der Waals surface area contributed by atoms with E-state index < -0.39 is 5.60 Å². The summed E-state index contributed by atoms with van der Waals surface area (Å²) >= 11 is 5.73. The van der Waals surface area contributed by atoms with Crippen LogP contribution in [0.4, 0.5) is 5.82 Å². The minimum Gasteiger partial charge on any atom is -0.390 e. The smallest absolute Gasteiger partial charge is 0.147 e. The molecule has 1 aliphatic carbocycles. The van der Waals surface area contributed by atoms with E-state index in [0.29, 0.717) is 17.0 Å². The van der Waals surface area contributed by atoms with Crippen LogP contribution in [-0.2, 0) is 0 Å². The van der Waals surface area contributed by atoms with Crippen LogP contribution in [0.2, 0.25) is 5.15 Å². The Morgan fingerprint density at radius 1 is 1.29 bits per heavy atom. The van der Waals surface area contributed by atoms with Crippen molar-refractivity contribution >= 4 is 17.4 Å². The van der Waals surface area contributed by atoms with Gasteiger partial charge in [0.2, 0.25) is 0 Å². The molecule has 0 amide bonds. The van der Waals surface area contributed by atoms with Crippen LogP contribution >= 0.6 is 11.6 Å². The molecule has 0 radical (unpaired) electrons. The van der Waals surface area contributed by atoms with Crippen molar-refractivity contribution in [1.29, 1.82) is 0 Å². The molecular formula is C12H16ClN3O. The third-order valence-corrected chi connectivity index (χ3v) is 4.11. The Morgan fingerprint density at radius 3 is 2.47 bits per heavy atom. The van der Waals surface area contributed by atoms with Gasteiger partial charge in [0.05, 0.1) is 18.0 Å². The minimum absolute atomic E-state index is 0.427. The van der Waals surface area contributed by atoms with E-state index in [1.165, 1.54) is 0 Å². The Labute approximate surface area is 106 Å². The van der Waals surface area contributed by atoms with Gasteiger partial charge in [0, 0.05) is 13.1 Å². The summed E-state index contributed by atoms with van der Waals surface area (Å²) in [6, 6.07) is 0. The maximum Gasteiger partial charge on any atom is 0.147 e. The quantitative estimate of drug-likeness (QED) is 0.828. The standard InChI is InChI=1S/C12H16ClN3O/c1-12(17)2-8-6-16(7-9(8)3-12)11-5-14-10(13)4-15-11/h4-5,8-9,17H,2-3,6-7H2,1H3/t8-,9+,12-. The average Bonchev–Trinajstić information content (AvgIpc) is 2.72. The molecule has 1 saturated heterocycles. The van der Waals surface area contributed by atoms with Crippen LogP contribution in [0, 0.1) is 11.8 Å². The lowest BCUT2D eigenvalue weighted by atomic mass is 10.0. The van der Waals surface area contributed by atoms with E-state index in [1.54, 1.807) is 12.4 Å². The molecule has 17 heavy (non-hydrogen) atoms. The van der Waals surface area contributed by atoms with Crippen LogP contribution < -0.4 is 4.90 Å². The van der Waals surface area contributed by atoms with Crippen molar-refractivity contribution in [2.75, 3.05) is 18.0 Å². The number of hydrogen-bond donors (Lipinski definition) is 1. The monoisotopic (exact) mass is 253 g/mol. The Bertz CT molecular complexity index is 404. The predicted molar refractivity (Wildman–Crippen MR) is 66.1 cm³/mol. The molecule has 2 heterocycles. The van der Waals surface area contributed by atoms with E-state index in [-0.39, 0.29) is 0 Å². The van der Waals surface area contributed by atoms with Gasteiger partial charge in [-0.05, 0) is 31.6 Å². The van der Waals surface area contributed by atoms with Crippen LogP contribution in [0.25, 0.3) is 0 Å². The first kappa shape index (κ1) is 11.2. The lowest BCUT2D eigenvalue weighted by Crippen LogP contribution is -2.27. The van der Waals surface area contributed by atoms with Gasteiger partial charge < -0.3 is 10.0 Å². The highest BCUT2D eigenvalue weighted by Crippen LogP contribution is 2.44. The maximum atomic E-state index is 10.0. The van der Waals surface area contributed by atoms with Gasteiger partial charge in [-0.25, -0.2) is 9.97 Å². The highest BCUT2D eigenvalue weighted by Gasteiger charge is 2.46. The zero-order valence-corrected chi connectivity index (χ0v) is 10.6. The molecule has 4 nitrogen and oxygen atoms in total. The summed E-state index contributed by atoms with van der Waals surface area (Å²) in [6.45, 7) is 3.88. The molecule has 1 saturated carbocycles. The molecule has 1 N–H and O–H groups in total. The number of aliphatic hydroxyl groups is 1. The number of nitrogens with zero attached hydrogens (tertiary/aromatic N) is 3. The summed E-state index contributed by atoms with van der Waals surface area (Å²) in [7, 11) is 0. The predicted octanol–water partition coefficient (Wildman–Crippen LogP) is 1.73. The second-order valence-corrected chi connectivity index (χ2v) is 5.91. The molecule has 5 heteroatoms. The molecule has 0 bridgehead atoms. The van der Waals surface area contributed by atoms with E-state index >= 15 is 0 Å². The molecule has 0 spiro atoms. The van der Waals surface area contributed by atoms with Crippen molar-refractivity contribution in [3.63, 3.8) is 0 Å². The molecule has 1 aromatic rings. The van der Waals surface area contributed by atoms with E-state index in [2.05, 4.69) is 14.9 Å². The van der Waals surface area contributed by atoms with Crippen molar-refractivity contribution in [2.24, 2.45) is 11.8 Å². The third kappa shape index (κ3) is 2.11. The largest absolute Gasteiger partial charge is 0.390 e. The molecule has 1 aliphatic heterocycles. The summed E-state index contributed by atoms with van der Waals surface area (Å²) in [6.07, 6.45) is 5.10. The number of aromatic nitrogens is 2. The molecule has 2 aliphatic rings. The fourth-order valence-electron chi connectivity index (χ4n) is 3.27. The van der Waals surface area contributed by atoms with Crippen molar-refractivity contribution in [3.8, 4) is 0 Å². The van der Waals surface area contributed by atoms with Gasteiger partial charge in [0.1, 0.15) is 11.0 Å². The van der Waals surface area contributed by atoms with Crippen molar-refractivity contribution in [1.82, 2.24) is 9.97 Å². The lowest BCUT2D eigenvalue weighted by Gasteiger charge is -2.22. The fraction of sp³-hybridized carbons (Fsp3) is 0.667. The van der Waals surface area contributed by atoms with Crippen LogP contribution in [0.15, 0.2) is 12.4 Å². The van der Waals surface area contributed by atoms with Crippen LogP contribution in [0.1, 0.15) is 19.8 Å². The van der Waals surface area contributed by atoms with Gasteiger partial charge in [-0.3, -0.25) is 0 Å². The molecular weight excluding hydrogens is 238 g/mol. The van der Waals surface area contributed by atoms with E-state index in [0.717, 1.165) is 31.7 Å². The Kier molecular flexibility index (Phi) is 2.52. The Hall–Kier alpha value is -0.870. The van der Waals surface area contributed by atoms with E-state index in [9.17, 15) is 5.11 Å². The first-order valence-corrected chi connectivity index (χ1v) is 6.36. The SMILES string of the molecule is C[C@]1(O)C[C@H]2CN(c3cnc(Cl)cn3)C[C@H]2C1. The summed E-state index contributed by atoms with van der Waals surface area (Å²) in [4.78, 5) is 10.6. The number of rotatable bonds is 1. The first-order valence-electron chi connectivity index (χ1n) is 5.98. The topological polar surface area (TPSA) is 49.2 Å². The first-order chi connectivity index (χ1) is 8.03. The second-order valence-electron chi connectivity index (χ2n) is 5.53. The fourth-order valence-corrected chi connectivity index (χ4v) is 3.37. The highest BCUT2D eigenvalue weighted by atomic mass is 35.5. The number of anilines is 1. The van der Waals surface area contributed by atoms with Crippen molar-refractivity contribution < 1.29 is 5.11 Å². The number of fused-ring (bicyclic) bond motifs is 1. The number of hydrogen-bond acceptors (Lipinski definition) is 4. The zero-order chi connectivity index (χ0) is 12.0. The molecule has 92 valence electrons. The van der Waals surface area contributed by atoms with Crippen LogP contribution in [0.5, 0.6) is 0 Å². The molecule has 0 unspecified atom stereocenters. The van der Waals surface area contributed by atoms with Crippen molar-refractivity contribution in [3.05, 3.63) is 17.5 Å². The lowest BCUT2D eigenvalue weighted by molar-refractivity contribution is 0.0601. The normalized spacial score (nSPS) is 36.3. The zero-order valence-electron chi connectivity index (χ0n) is 9.80. The summed E-state index contributed by atoms with van der Waals surface area (Å²) in [5.74, 6) is 2.06. The highest BCUT2D eigenvalue weighted by molar-refractivity contribution is 6.29. The molecule has 2 fully saturated rings. The molecule has 3 rings (SSSR count). The molecule has 1 aromatic heterocycles. The Morgan fingerprint density at radius 2 is 1.94 bits per heavy atom. The average molecular weight is 254 g/mol. The maximum absolute atomic E-state index is 10.0. The number of halogens is 1. The Balaban J connectivity index is 1.72. The summed E-state index contributed by atoms with van der Waals surface area (Å²) in [5, 5.41) is 10.5. The van der Waals surface area contributed by atoms with E-state index in [4.69, 9.17) is 11.6 Å². The van der Waals surface area contributed by atoms with Crippen LogP contribution in [0.3, 0.4) is 0 Å². The van der Waals surface area contributed by atoms with Gasteiger partial charge >= 0.3 is 0 Å². The van der Waals surface area contributed by atoms with Crippen molar-refractivity contribution in [2.45, 2.75) is 25.4 Å². The van der Waals surface area contributed by atoms with Gasteiger partial charge in [-0.1, -0.05) is 11.6 Å². The molecule has 3 atom stereocenters. The van der Waals surface area contributed by atoms with Gasteiger partial charge in [0.15, 0.2) is 0 Å². The van der Waals surface area contributed by atoms with Gasteiger partial charge in [-0.2, -0.15) is 0 Å². The van der Waals surface area contributed by atoms with Gasteiger partial charge in [-0.15, -0.1) is 0 Å². The second kappa shape index (κ2) is 3.82. The summed E-state index contributed by atoms with van der Waals surface area (Å²) in [5.41, 5.74) is -0.465. The summed E-state index contributed by atoms with van der Waals surface area (Å²) < 4.78 is 0. The molecule has 0 aromatic carbocycles. The minimum atomic E-state index is -0.465. The third-order valence-electron chi connectivity index (χ3n) is 3.91.